The van der Waals surface area contributed by atoms with Crippen LogP contribution in [0.25, 0.3) is 11.8 Å². The topological polar surface area (TPSA) is 92.1 Å². The summed E-state index contributed by atoms with van der Waals surface area (Å²) in [5, 5.41) is 12.9. The van der Waals surface area contributed by atoms with Crippen LogP contribution in [-0.2, 0) is 4.79 Å². The zero-order valence-corrected chi connectivity index (χ0v) is 19.5. The minimum atomic E-state index is -0.487. The van der Waals surface area contributed by atoms with Crippen molar-refractivity contribution in [1.82, 2.24) is 4.90 Å². The molecule has 7 nitrogen and oxygen atoms in total. The molecule has 2 aromatic carbocycles. The molecular weight excluding hydrogens is 470 g/mol. The first kappa shape index (κ1) is 21.9. The normalized spacial score (nSPS) is 16.3. The second-order valence-electron chi connectivity index (χ2n) is 7.21. The summed E-state index contributed by atoms with van der Waals surface area (Å²) in [5.74, 6) is -0.323. The van der Waals surface area contributed by atoms with Crippen LogP contribution < -0.4 is 9.47 Å². The lowest BCUT2D eigenvalue weighted by atomic mass is 10.1. The van der Waals surface area contributed by atoms with E-state index in [1.807, 2.05) is 35.7 Å². The Morgan fingerprint density at radius 1 is 1.09 bits per heavy atom. The zero-order valence-electron chi connectivity index (χ0n) is 17.8. The number of carbonyl (C=O) groups is 2. The van der Waals surface area contributed by atoms with Crippen molar-refractivity contribution in [2.75, 3.05) is 7.11 Å². The van der Waals surface area contributed by atoms with Crippen molar-refractivity contribution in [3.8, 4) is 11.5 Å². The largest absolute Gasteiger partial charge is 0.493 e. The van der Waals surface area contributed by atoms with Gasteiger partial charge in [-0.25, -0.2) is 4.79 Å². The molecule has 34 heavy (non-hydrogen) atoms. The second kappa shape index (κ2) is 9.12. The molecule has 9 heteroatoms. The Morgan fingerprint density at radius 2 is 1.91 bits per heavy atom. The third-order valence-corrected chi connectivity index (χ3v) is 6.78. The lowest BCUT2D eigenvalue weighted by Gasteiger charge is -2.27. The lowest BCUT2D eigenvalue weighted by molar-refractivity contribution is -0.114. The Balaban J connectivity index is 1.44. The molecular formula is C25H17N3O4S2. The molecule has 1 amide bonds. The molecule has 0 spiro atoms. The van der Waals surface area contributed by atoms with E-state index in [1.54, 1.807) is 46.7 Å². The Kier molecular flexibility index (Phi) is 5.87. The third-order valence-electron chi connectivity index (χ3n) is 5.11. The molecule has 2 aliphatic rings. The highest BCUT2D eigenvalue weighted by Crippen LogP contribution is 2.38. The van der Waals surface area contributed by atoms with Crippen molar-refractivity contribution in [3.05, 3.63) is 93.0 Å². The van der Waals surface area contributed by atoms with Crippen molar-refractivity contribution < 1.29 is 19.1 Å². The Morgan fingerprint density at radius 3 is 2.65 bits per heavy atom. The number of amidine groups is 2. The van der Waals surface area contributed by atoms with Crippen LogP contribution in [0.1, 0.15) is 20.8 Å². The highest BCUT2D eigenvalue weighted by Gasteiger charge is 2.36. The van der Waals surface area contributed by atoms with Crippen LogP contribution in [0.5, 0.6) is 11.5 Å². The van der Waals surface area contributed by atoms with Gasteiger partial charge in [-0.15, -0.1) is 11.3 Å². The number of fused-ring (bicyclic) bond motifs is 1. The molecule has 0 saturated heterocycles. The van der Waals surface area contributed by atoms with Crippen molar-refractivity contribution >= 4 is 57.8 Å². The van der Waals surface area contributed by atoms with Gasteiger partial charge in [0.2, 0.25) is 0 Å². The van der Waals surface area contributed by atoms with E-state index >= 15 is 0 Å². The quantitative estimate of drug-likeness (QED) is 0.299. The van der Waals surface area contributed by atoms with Crippen molar-refractivity contribution in [1.29, 1.82) is 5.41 Å². The summed E-state index contributed by atoms with van der Waals surface area (Å²) in [6.07, 6.45) is 1.59. The number of aliphatic imine (C=N–C) groups is 1. The van der Waals surface area contributed by atoms with E-state index in [0.29, 0.717) is 21.4 Å². The molecule has 1 aromatic heterocycles. The fraction of sp³-hybridized carbons (Fsp3) is 0.0400. The lowest BCUT2D eigenvalue weighted by Crippen LogP contribution is -2.38. The highest BCUT2D eigenvalue weighted by molar-refractivity contribution is 8.17. The maximum absolute atomic E-state index is 12.7. The van der Waals surface area contributed by atoms with E-state index in [1.165, 1.54) is 30.2 Å². The predicted molar refractivity (Wildman–Crippen MR) is 134 cm³/mol. The standard InChI is InChI=1S/C25H17N3O4S2/c1-31-20-13-15(9-10-19(20)32-24(30)21-8-5-11-33-21)12-17-22(26)28-18(16-6-3-2-4-7-16)14-34-25(28)27-23(17)29/h2-14,26H,1H3. The Bertz CT molecular complexity index is 1390. The van der Waals surface area contributed by atoms with E-state index in [-0.39, 0.29) is 17.2 Å². The number of ether oxygens (including phenoxy) is 2. The SMILES string of the molecule is COc1cc(C=C2C(=N)N3C(c4ccccc4)=CSC3=NC2=O)ccc1OC(=O)c1cccs1. The number of nitrogens with one attached hydrogen (secondary N) is 1. The van der Waals surface area contributed by atoms with Gasteiger partial charge in [-0.3, -0.25) is 15.1 Å². The molecule has 1 N–H and O–H groups in total. The molecule has 0 bridgehead atoms. The first-order valence-corrected chi connectivity index (χ1v) is 11.9. The number of carbonyl (C=O) groups excluding carboxylic acids is 2. The Labute approximate surface area is 203 Å². The van der Waals surface area contributed by atoms with Gasteiger partial charge in [0.1, 0.15) is 10.7 Å². The van der Waals surface area contributed by atoms with Gasteiger partial charge in [0.15, 0.2) is 16.7 Å². The first-order valence-electron chi connectivity index (χ1n) is 10.1. The molecule has 0 radical (unpaired) electrons. The monoisotopic (exact) mass is 487 g/mol. The highest BCUT2D eigenvalue weighted by atomic mass is 32.2. The van der Waals surface area contributed by atoms with Gasteiger partial charge in [-0.05, 0) is 40.8 Å². The van der Waals surface area contributed by atoms with E-state index in [0.717, 1.165) is 11.3 Å². The van der Waals surface area contributed by atoms with Crippen molar-refractivity contribution in [2.45, 2.75) is 0 Å². The number of thiophene rings is 1. The number of rotatable bonds is 5. The Hall–Kier alpha value is -3.95. The molecule has 3 aromatic rings. The van der Waals surface area contributed by atoms with E-state index in [9.17, 15) is 9.59 Å². The van der Waals surface area contributed by atoms with Gasteiger partial charge in [0.05, 0.1) is 18.4 Å². The van der Waals surface area contributed by atoms with Gasteiger partial charge >= 0.3 is 5.97 Å². The number of nitrogens with zero attached hydrogens (tertiary/aromatic N) is 2. The van der Waals surface area contributed by atoms with Gasteiger partial charge < -0.3 is 9.47 Å². The number of methoxy groups -OCH3 is 1. The van der Waals surface area contributed by atoms with Crippen molar-refractivity contribution in [2.24, 2.45) is 4.99 Å². The van der Waals surface area contributed by atoms with E-state index < -0.39 is 11.9 Å². The molecule has 0 fully saturated rings. The summed E-state index contributed by atoms with van der Waals surface area (Å²) in [7, 11) is 1.47. The number of thioether (sulfide) groups is 1. The summed E-state index contributed by atoms with van der Waals surface area (Å²) in [5.41, 5.74) is 2.48. The van der Waals surface area contributed by atoms with Crippen LogP contribution in [0, 0.1) is 5.41 Å². The van der Waals surface area contributed by atoms with Crippen LogP contribution in [0.2, 0.25) is 0 Å². The maximum atomic E-state index is 12.7. The van der Waals surface area contributed by atoms with Crippen LogP contribution in [0.3, 0.4) is 0 Å². The van der Waals surface area contributed by atoms with Gasteiger partial charge in [0.25, 0.3) is 5.91 Å². The predicted octanol–water partition coefficient (Wildman–Crippen LogP) is 5.28. The molecule has 3 heterocycles. The fourth-order valence-corrected chi connectivity index (χ4v) is 4.97. The van der Waals surface area contributed by atoms with Crippen LogP contribution in [0.4, 0.5) is 0 Å². The molecule has 2 aliphatic heterocycles. The van der Waals surface area contributed by atoms with Gasteiger partial charge in [-0.1, -0.05) is 54.2 Å². The molecule has 0 unspecified atom stereocenters. The van der Waals surface area contributed by atoms with Crippen LogP contribution in [-0.4, -0.2) is 34.9 Å². The smallest absolute Gasteiger partial charge is 0.353 e. The van der Waals surface area contributed by atoms with Crippen LogP contribution >= 0.6 is 23.1 Å². The van der Waals surface area contributed by atoms with Gasteiger partial charge in [0, 0.05) is 5.41 Å². The average Bonchev–Trinajstić information content (AvgIpc) is 3.54. The summed E-state index contributed by atoms with van der Waals surface area (Å²) >= 11 is 2.60. The fourth-order valence-electron chi connectivity index (χ4n) is 3.48. The number of esters is 1. The molecule has 168 valence electrons. The van der Waals surface area contributed by atoms with Crippen molar-refractivity contribution in [3.63, 3.8) is 0 Å². The number of hydrogen-bond acceptors (Lipinski definition) is 7. The number of hydrogen-bond donors (Lipinski definition) is 1. The number of amides is 1. The number of benzene rings is 2. The zero-order chi connectivity index (χ0) is 23.7. The molecule has 0 aliphatic carbocycles. The van der Waals surface area contributed by atoms with Gasteiger partial charge in [-0.2, -0.15) is 4.99 Å². The minimum absolute atomic E-state index is 0.0438. The van der Waals surface area contributed by atoms with E-state index in [2.05, 4.69) is 4.99 Å². The summed E-state index contributed by atoms with van der Waals surface area (Å²) in [6, 6.07) is 18.1. The minimum Gasteiger partial charge on any atom is -0.493 e. The maximum Gasteiger partial charge on any atom is 0.353 e. The first-order chi connectivity index (χ1) is 16.5. The van der Waals surface area contributed by atoms with E-state index in [4.69, 9.17) is 14.9 Å². The molecule has 5 rings (SSSR count). The second-order valence-corrected chi connectivity index (χ2v) is 8.99. The molecule has 0 atom stereocenters. The summed E-state index contributed by atoms with van der Waals surface area (Å²) in [4.78, 5) is 31.4. The van der Waals surface area contributed by atoms with Crippen LogP contribution in [0.15, 0.2) is 82.0 Å². The average molecular weight is 488 g/mol. The molecule has 0 saturated carbocycles. The summed E-state index contributed by atoms with van der Waals surface area (Å²) in [6.45, 7) is 0. The third kappa shape index (κ3) is 4.07. The summed E-state index contributed by atoms with van der Waals surface area (Å²) < 4.78 is 10.9.